The number of anilines is 1. The summed E-state index contributed by atoms with van der Waals surface area (Å²) in [6.07, 6.45) is -10.4. The van der Waals surface area contributed by atoms with Crippen LogP contribution in [0.5, 0.6) is 0 Å². The number of hydrogen-bond acceptors (Lipinski definition) is 2. The van der Waals surface area contributed by atoms with Gasteiger partial charge in [0.05, 0.1) is 5.69 Å². The van der Waals surface area contributed by atoms with E-state index in [1.807, 2.05) is 5.32 Å². The first-order valence-electron chi connectivity index (χ1n) is 8.19. The summed E-state index contributed by atoms with van der Waals surface area (Å²) >= 11 is 0. The second kappa shape index (κ2) is 7.84. The van der Waals surface area contributed by atoms with Crippen LogP contribution in [0.4, 0.5) is 49.6 Å². The van der Waals surface area contributed by atoms with Crippen molar-refractivity contribution in [1.82, 2.24) is 9.78 Å². The third-order valence-electron chi connectivity index (χ3n) is 4.00. The van der Waals surface area contributed by atoms with E-state index in [2.05, 4.69) is 5.10 Å². The zero-order valence-corrected chi connectivity index (χ0v) is 15.0. The second-order valence-corrected chi connectivity index (χ2v) is 6.17. The van der Waals surface area contributed by atoms with E-state index in [4.69, 9.17) is 0 Å². The quantitative estimate of drug-likeness (QED) is 0.393. The monoisotopic (exact) mass is 471 g/mol. The molecule has 3 aromatic rings. The fourth-order valence-corrected chi connectivity index (χ4v) is 2.57. The largest absolute Gasteiger partial charge is 0.435 e. The molecule has 1 heterocycles. The summed E-state index contributed by atoms with van der Waals surface area (Å²) in [7, 11) is 0. The molecule has 0 aliphatic carbocycles. The number of amides is 1. The minimum atomic E-state index is -5.19. The highest BCUT2D eigenvalue weighted by atomic mass is 19.4. The highest BCUT2D eigenvalue weighted by Crippen LogP contribution is 2.36. The van der Waals surface area contributed by atoms with E-state index in [1.165, 1.54) is 0 Å². The average Bonchev–Trinajstić information content (AvgIpc) is 3.14. The van der Waals surface area contributed by atoms with Crippen molar-refractivity contribution >= 4 is 11.6 Å². The van der Waals surface area contributed by atoms with Crippen molar-refractivity contribution in [3.63, 3.8) is 0 Å². The van der Waals surface area contributed by atoms with Gasteiger partial charge in [0.25, 0.3) is 5.91 Å². The fraction of sp³-hybridized carbons (Fsp3) is 0.111. The minimum Gasteiger partial charge on any atom is -0.322 e. The number of rotatable bonds is 3. The van der Waals surface area contributed by atoms with Crippen molar-refractivity contribution in [1.29, 1.82) is 0 Å². The predicted octanol–water partition coefficient (Wildman–Crippen LogP) is 5.72. The van der Waals surface area contributed by atoms with Crippen LogP contribution >= 0.6 is 0 Å². The van der Waals surface area contributed by atoms with Crippen LogP contribution in [0.2, 0.25) is 0 Å². The lowest BCUT2D eigenvalue weighted by Crippen LogP contribution is -2.18. The van der Waals surface area contributed by atoms with Crippen LogP contribution in [0.15, 0.2) is 36.4 Å². The smallest absolute Gasteiger partial charge is 0.322 e. The lowest BCUT2D eigenvalue weighted by atomic mass is 10.1. The first kappa shape index (κ1) is 23.1. The number of hydrogen-bond donors (Lipinski definition) is 1. The molecule has 14 heteroatoms. The van der Waals surface area contributed by atoms with Gasteiger partial charge < -0.3 is 5.32 Å². The van der Waals surface area contributed by atoms with Crippen LogP contribution in [-0.2, 0) is 12.4 Å². The van der Waals surface area contributed by atoms with Crippen molar-refractivity contribution in [3.8, 4) is 5.69 Å². The van der Waals surface area contributed by atoms with Gasteiger partial charge in [-0.3, -0.25) is 4.79 Å². The standard InChI is InChI=1S/C18H7F10N3O/c19-9-5-10(20)15(22)13(14(9)21)16(32)29-7-1-3-8(4-2-7)31-12(18(26,27)28)6-11(30-31)17(23,24)25/h1-6H,(H,29,32). The van der Waals surface area contributed by atoms with Gasteiger partial charge in [-0.05, 0) is 24.3 Å². The van der Waals surface area contributed by atoms with Crippen molar-refractivity contribution in [3.05, 3.63) is 76.6 Å². The zero-order valence-electron chi connectivity index (χ0n) is 15.0. The van der Waals surface area contributed by atoms with Gasteiger partial charge >= 0.3 is 12.4 Å². The maximum absolute atomic E-state index is 13.7. The molecule has 1 N–H and O–H groups in total. The Kier molecular flexibility index (Phi) is 5.65. The average molecular weight is 471 g/mol. The van der Waals surface area contributed by atoms with Gasteiger partial charge in [-0.15, -0.1) is 0 Å². The molecule has 32 heavy (non-hydrogen) atoms. The van der Waals surface area contributed by atoms with E-state index in [0.29, 0.717) is 0 Å². The molecular formula is C18H7F10N3O. The van der Waals surface area contributed by atoms with Gasteiger partial charge in [-0.1, -0.05) is 0 Å². The van der Waals surface area contributed by atoms with Crippen LogP contribution in [-0.4, -0.2) is 15.7 Å². The molecule has 0 fully saturated rings. The molecule has 0 bridgehead atoms. The zero-order chi connectivity index (χ0) is 24.0. The number of benzene rings is 2. The normalized spacial score (nSPS) is 12.2. The summed E-state index contributed by atoms with van der Waals surface area (Å²) in [4.78, 5) is 12.0. The highest BCUT2D eigenvalue weighted by Gasteiger charge is 2.42. The summed E-state index contributed by atoms with van der Waals surface area (Å²) in [5.41, 5.74) is -5.94. The van der Waals surface area contributed by atoms with Crippen LogP contribution in [0.1, 0.15) is 21.7 Å². The Labute approximate surface area is 171 Å². The van der Waals surface area contributed by atoms with E-state index in [9.17, 15) is 48.7 Å². The first-order chi connectivity index (χ1) is 14.7. The number of nitrogens with zero attached hydrogens (tertiary/aromatic N) is 2. The molecule has 1 aromatic heterocycles. The Balaban J connectivity index is 1.93. The van der Waals surface area contributed by atoms with Crippen LogP contribution < -0.4 is 5.32 Å². The van der Waals surface area contributed by atoms with E-state index >= 15 is 0 Å². The van der Waals surface area contributed by atoms with Gasteiger partial charge in [0.15, 0.2) is 29.0 Å². The van der Waals surface area contributed by atoms with Crippen molar-refractivity contribution in [2.24, 2.45) is 0 Å². The molecular weight excluding hydrogens is 464 g/mol. The molecule has 4 nitrogen and oxygen atoms in total. The van der Waals surface area contributed by atoms with Crippen molar-refractivity contribution in [2.45, 2.75) is 12.4 Å². The molecule has 0 saturated carbocycles. The Hall–Kier alpha value is -3.58. The fourth-order valence-electron chi connectivity index (χ4n) is 2.57. The Morgan fingerprint density at radius 1 is 0.812 bits per heavy atom. The molecule has 0 spiro atoms. The summed E-state index contributed by atoms with van der Waals surface area (Å²) in [5, 5.41) is 4.76. The second-order valence-electron chi connectivity index (χ2n) is 6.17. The van der Waals surface area contributed by atoms with E-state index in [0.717, 1.165) is 24.3 Å². The molecule has 0 atom stereocenters. The number of alkyl halides is 6. The predicted molar refractivity (Wildman–Crippen MR) is 87.8 cm³/mol. The Bertz CT molecular complexity index is 1150. The van der Waals surface area contributed by atoms with E-state index in [1.54, 1.807) is 0 Å². The molecule has 1 amide bonds. The topological polar surface area (TPSA) is 46.9 Å². The van der Waals surface area contributed by atoms with Crippen LogP contribution in [0, 0.1) is 23.3 Å². The number of nitrogens with one attached hydrogen (secondary N) is 1. The summed E-state index contributed by atoms with van der Waals surface area (Å²) in [6.45, 7) is 0. The van der Waals surface area contributed by atoms with Crippen LogP contribution in [0.25, 0.3) is 5.69 Å². The lowest BCUT2D eigenvalue weighted by Gasteiger charge is -2.12. The molecule has 170 valence electrons. The Morgan fingerprint density at radius 3 is 1.81 bits per heavy atom. The summed E-state index contributed by atoms with van der Waals surface area (Å²) < 4.78 is 131. The lowest BCUT2D eigenvalue weighted by molar-refractivity contribution is -0.143. The number of carbonyl (C=O) groups is 1. The number of aromatic nitrogens is 2. The molecule has 0 radical (unpaired) electrons. The molecule has 0 unspecified atom stereocenters. The highest BCUT2D eigenvalue weighted by molar-refractivity contribution is 6.04. The van der Waals surface area contributed by atoms with Crippen molar-refractivity contribution < 1.29 is 48.7 Å². The third-order valence-corrected chi connectivity index (χ3v) is 4.00. The van der Waals surface area contributed by atoms with Crippen molar-refractivity contribution in [2.75, 3.05) is 5.32 Å². The maximum Gasteiger partial charge on any atom is 0.435 e. The Morgan fingerprint density at radius 2 is 1.34 bits per heavy atom. The minimum absolute atomic E-state index is 0.0320. The number of carbonyl (C=O) groups excluding carboxylic acids is 1. The molecule has 0 aliphatic rings. The number of halogens is 10. The summed E-state index contributed by atoms with van der Waals surface area (Å²) in [6, 6.07) is 3.06. The first-order valence-corrected chi connectivity index (χ1v) is 8.19. The molecule has 3 rings (SSSR count). The summed E-state index contributed by atoms with van der Waals surface area (Å²) in [5.74, 6) is -9.28. The van der Waals surface area contributed by atoms with Gasteiger partial charge in [0, 0.05) is 17.8 Å². The van der Waals surface area contributed by atoms with E-state index < -0.39 is 64.2 Å². The maximum atomic E-state index is 13.7. The van der Waals surface area contributed by atoms with Crippen LogP contribution in [0.3, 0.4) is 0 Å². The van der Waals surface area contributed by atoms with Gasteiger partial charge in [0.2, 0.25) is 0 Å². The van der Waals surface area contributed by atoms with E-state index in [-0.39, 0.29) is 22.5 Å². The third kappa shape index (κ3) is 4.38. The SMILES string of the molecule is O=C(Nc1ccc(-n2nc(C(F)(F)F)cc2C(F)(F)F)cc1)c1c(F)c(F)cc(F)c1F. The molecule has 0 aliphatic heterocycles. The van der Waals surface area contributed by atoms with Gasteiger partial charge in [-0.2, -0.15) is 31.4 Å². The molecule has 0 saturated heterocycles. The van der Waals surface area contributed by atoms with Gasteiger partial charge in [-0.25, -0.2) is 22.2 Å². The van der Waals surface area contributed by atoms with Gasteiger partial charge in [0.1, 0.15) is 11.3 Å². The molecule has 2 aromatic carbocycles.